The summed E-state index contributed by atoms with van der Waals surface area (Å²) in [7, 11) is 0. The van der Waals surface area contributed by atoms with E-state index < -0.39 is 6.10 Å². The van der Waals surface area contributed by atoms with E-state index in [0.717, 1.165) is 5.69 Å². The van der Waals surface area contributed by atoms with Crippen molar-refractivity contribution in [3.05, 3.63) is 51.8 Å². The number of rotatable bonds is 5. The minimum atomic E-state index is -0.693. The first kappa shape index (κ1) is 13.4. The maximum absolute atomic E-state index is 9.99. The summed E-state index contributed by atoms with van der Waals surface area (Å²) < 4.78 is 4.70. The monoisotopic (exact) mass is 286 g/mol. The van der Waals surface area contributed by atoms with E-state index in [4.69, 9.17) is 27.7 Å². The molecule has 1 aromatic heterocycles. The van der Waals surface area contributed by atoms with Crippen LogP contribution in [0.2, 0.25) is 10.0 Å². The molecule has 0 saturated heterocycles. The smallest absolute Gasteiger partial charge is 0.124 e. The minimum Gasteiger partial charge on any atom is -0.387 e. The van der Waals surface area contributed by atoms with Gasteiger partial charge in [-0.15, -0.1) is 0 Å². The quantitative estimate of drug-likeness (QED) is 0.887. The summed E-state index contributed by atoms with van der Waals surface area (Å²) in [4.78, 5) is 0. The molecule has 1 unspecified atom stereocenters. The highest BCUT2D eigenvalue weighted by Crippen LogP contribution is 2.25. The first-order valence-corrected chi connectivity index (χ1v) is 6.15. The van der Waals surface area contributed by atoms with Crippen LogP contribution in [0.1, 0.15) is 17.4 Å². The number of aliphatic hydroxyl groups excluding tert-OH is 1. The highest BCUT2D eigenvalue weighted by atomic mass is 35.5. The number of aromatic nitrogens is 1. The van der Waals surface area contributed by atoms with Gasteiger partial charge in [-0.3, -0.25) is 0 Å². The van der Waals surface area contributed by atoms with Crippen LogP contribution < -0.4 is 5.32 Å². The second-order valence-corrected chi connectivity index (χ2v) is 4.65. The molecule has 1 heterocycles. The zero-order chi connectivity index (χ0) is 13.0. The molecule has 18 heavy (non-hydrogen) atoms. The predicted molar refractivity (Wildman–Crippen MR) is 69.6 cm³/mol. The molecule has 0 radical (unpaired) electrons. The number of nitrogens with one attached hydrogen (secondary N) is 1. The maximum Gasteiger partial charge on any atom is 0.124 e. The third kappa shape index (κ3) is 3.46. The van der Waals surface area contributed by atoms with Crippen molar-refractivity contribution in [2.24, 2.45) is 0 Å². The van der Waals surface area contributed by atoms with Crippen LogP contribution in [0.4, 0.5) is 0 Å². The average Bonchev–Trinajstić information content (AvgIpc) is 2.81. The van der Waals surface area contributed by atoms with Gasteiger partial charge in [0.2, 0.25) is 0 Å². The summed E-state index contributed by atoms with van der Waals surface area (Å²) in [5.41, 5.74) is 1.43. The van der Waals surface area contributed by atoms with E-state index in [1.165, 1.54) is 6.26 Å². The number of benzene rings is 1. The van der Waals surface area contributed by atoms with Crippen LogP contribution in [0.25, 0.3) is 0 Å². The van der Waals surface area contributed by atoms with Crippen LogP contribution in [-0.2, 0) is 6.54 Å². The third-order valence-corrected chi connectivity index (χ3v) is 3.02. The van der Waals surface area contributed by atoms with E-state index >= 15 is 0 Å². The lowest BCUT2D eigenvalue weighted by Crippen LogP contribution is -2.21. The Morgan fingerprint density at radius 3 is 2.83 bits per heavy atom. The van der Waals surface area contributed by atoms with E-state index in [-0.39, 0.29) is 0 Å². The van der Waals surface area contributed by atoms with Gasteiger partial charge in [0.1, 0.15) is 6.26 Å². The molecular formula is C12H12Cl2N2O2. The summed E-state index contributed by atoms with van der Waals surface area (Å²) in [5.74, 6) is 0. The van der Waals surface area contributed by atoms with Crippen LogP contribution >= 0.6 is 23.2 Å². The Kier molecular flexibility index (Phi) is 4.60. The van der Waals surface area contributed by atoms with E-state index in [0.29, 0.717) is 28.7 Å². The molecule has 0 aliphatic carbocycles. The van der Waals surface area contributed by atoms with Crippen molar-refractivity contribution in [3.8, 4) is 0 Å². The Morgan fingerprint density at radius 2 is 2.17 bits per heavy atom. The summed E-state index contributed by atoms with van der Waals surface area (Å²) in [6.07, 6.45) is 0.811. The van der Waals surface area contributed by atoms with Crippen LogP contribution in [0.15, 0.2) is 35.1 Å². The molecule has 0 amide bonds. The first-order chi connectivity index (χ1) is 8.66. The molecule has 0 aliphatic heterocycles. The first-order valence-electron chi connectivity index (χ1n) is 5.40. The van der Waals surface area contributed by atoms with Gasteiger partial charge >= 0.3 is 0 Å². The molecule has 0 bridgehead atoms. The van der Waals surface area contributed by atoms with Gasteiger partial charge in [0.25, 0.3) is 0 Å². The van der Waals surface area contributed by atoms with Crippen LogP contribution in [0, 0.1) is 0 Å². The van der Waals surface area contributed by atoms with Crippen molar-refractivity contribution in [1.82, 2.24) is 10.5 Å². The molecule has 1 aromatic carbocycles. The summed E-state index contributed by atoms with van der Waals surface area (Å²) >= 11 is 11.8. The molecule has 1 atom stereocenters. The zero-order valence-corrected chi connectivity index (χ0v) is 10.9. The van der Waals surface area contributed by atoms with E-state index in [1.807, 2.05) is 0 Å². The molecule has 2 rings (SSSR count). The fourth-order valence-corrected chi connectivity index (χ4v) is 2.08. The van der Waals surface area contributed by atoms with E-state index in [9.17, 15) is 5.11 Å². The number of hydrogen-bond donors (Lipinski definition) is 2. The summed E-state index contributed by atoms with van der Waals surface area (Å²) in [6, 6.07) is 6.78. The standard InChI is InChI=1S/C12H12Cl2N2O2/c13-8-1-2-10(11(14)5-8)12(17)7-15-6-9-3-4-18-16-9/h1-5,12,15,17H,6-7H2. The highest BCUT2D eigenvalue weighted by Gasteiger charge is 2.11. The average molecular weight is 287 g/mol. The van der Waals surface area contributed by atoms with Gasteiger partial charge < -0.3 is 14.9 Å². The van der Waals surface area contributed by atoms with Gasteiger partial charge in [0.05, 0.1) is 11.8 Å². The molecule has 4 nitrogen and oxygen atoms in total. The second kappa shape index (κ2) is 6.20. The van der Waals surface area contributed by atoms with Crippen LogP contribution in [0.3, 0.4) is 0 Å². The third-order valence-electron chi connectivity index (χ3n) is 2.46. The lowest BCUT2D eigenvalue weighted by atomic mass is 10.1. The molecule has 96 valence electrons. The fraction of sp³-hybridized carbons (Fsp3) is 0.250. The van der Waals surface area contributed by atoms with Crippen molar-refractivity contribution in [1.29, 1.82) is 0 Å². The number of hydrogen-bond acceptors (Lipinski definition) is 4. The molecule has 2 aromatic rings. The SMILES string of the molecule is OC(CNCc1ccon1)c1ccc(Cl)cc1Cl. The predicted octanol–water partition coefficient (Wildman–Crippen LogP) is 2.80. The van der Waals surface area contributed by atoms with Crippen molar-refractivity contribution >= 4 is 23.2 Å². The largest absolute Gasteiger partial charge is 0.387 e. The van der Waals surface area contributed by atoms with Gasteiger partial charge in [-0.1, -0.05) is 34.4 Å². The van der Waals surface area contributed by atoms with Gasteiger partial charge in [-0.2, -0.15) is 0 Å². The van der Waals surface area contributed by atoms with Crippen molar-refractivity contribution in [2.75, 3.05) is 6.54 Å². The normalized spacial score (nSPS) is 12.6. The number of nitrogens with zero attached hydrogens (tertiary/aromatic N) is 1. The number of aliphatic hydroxyl groups is 1. The fourth-order valence-electron chi connectivity index (χ4n) is 1.55. The Bertz CT molecular complexity index is 503. The van der Waals surface area contributed by atoms with E-state index in [2.05, 4.69) is 10.5 Å². The molecule has 0 fully saturated rings. The summed E-state index contributed by atoms with van der Waals surface area (Å²) in [6.45, 7) is 0.896. The maximum atomic E-state index is 9.99. The molecule has 0 saturated carbocycles. The lowest BCUT2D eigenvalue weighted by molar-refractivity contribution is 0.174. The van der Waals surface area contributed by atoms with Crippen molar-refractivity contribution < 1.29 is 9.63 Å². The molecule has 2 N–H and O–H groups in total. The van der Waals surface area contributed by atoms with Crippen LogP contribution in [-0.4, -0.2) is 16.8 Å². The van der Waals surface area contributed by atoms with Gasteiger partial charge in [-0.05, 0) is 12.1 Å². The Hall–Kier alpha value is -1.07. The second-order valence-electron chi connectivity index (χ2n) is 3.80. The highest BCUT2D eigenvalue weighted by molar-refractivity contribution is 6.35. The Balaban J connectivity index is 1.89. The van der Waals surface area contributed by atoms with Crippen LogP contribution in [0.5, 0.6) is 0 Å². The number of halogens is 2. The molecule has 6 heteroatoms. The van der Waals surface area contributed by atoms with Gasteiger partial charge in [-0.25, -0.2) is 0 Å². The molecule has 0 spiro atoms. The van der Waals surface area contributed by atoms with Crippen molar-refractivity contribution in [2.45, 2.75) is 12.6 Å². The summed E-state index contributed by atoms with van der Waals surface area (Å²) in [5, 5.41) is 17.8. The van der Waals surface area contributed by atoms with Crippen molar-refractivity contribution in [3.63, 3.8) is 0 Å². The van der Waals surface area contributed by atoms with E-state index in [1.54, 1.807) is 24.3 Å². The molecule has 0 aliphatic rings. The van der Waals surface area contributed by atoms with Gasteiger partial charge in [0, 0.05) is 34.8 Å². The Labute approximate surface area is 114 Å². The molecular weight excluding hydrogens is 275 g/mol. The lowest BCUT2D eigenvalue weighted by Gasteiger charge is -2.13. The van der Waals surface area contributed by atoms with Gasteiger partial charge in [0.15, 0.2) is 0 Å². The zero-order valence-electron chi connectivity index (χ0n) is 9.44. The minimum absolute atomic E-state index is 0.369. The topological polar surface area (TPSA) is 58.3 Å². The Morgan fingerprint density at radius 1 is 1.33 bits per heavy atom.